The van der Waals surface area contributed by atoms with Gasteiger partial charge in [-0.1, -0.05) is 19.0 Å². The van der Waals surface area contributed by atoms with Gasteiger partial charge in [-0.05, 0) is 19.1 Å². The van der Waals surface area contributed by atoms with E-state index in [1.54, 1.807) is 32.4 Å². The highest BCUT2D eigenvalue weighted by Crippen LogP contribution is 2.24. The molecule has 0 amide bonds. The lowest BCUT2D eigenvalue weighted by Gasteiger charge is -2.01. The van der Waals surface area contributed by atoms with E-state index in [-0.39, 0.29) is 0 Å². The van der Waals surface area contributed by atoms with Crippen molar-refractivity contribution in [3.63, 3.8) is 0 Å². The van der Waals surface area contributed by atoms with Crippen molar-refractivity contribution in [1.29, 1.82) is 0 Å². The molecule has 0 saturated carbocycles. The van der Waals surface area contributed by atoms with Crippen molar-refractivity contribution >= 4 is 0 Å². The second kappa shape index (κ2) is 5.85. The molecule has 0 aliphatic heterocycles. The second-order valence-corrected chi connectivity index (χ2v) is 2.70. The van der Waals surface area contributed by atoms with Crippen molar-refractivity contribution in [2.24, 2.45) is 0 Å². The number of rotatable bonds is 2. The molecule has 0 aliphatic rings. The highest BCUT2D eigenvalue weighted by Gasteiger charge is 2.12. The highest BCUT2D eigenvalue weighted by atomic mass is 16.5. The maximum Gasteiger partial charge on any atom is 0.280 e. The second-order valence-electron chi connectivity index (χ2n) is 2.70. The molecule has 16 heavy (non-hydrogen) atoms. The van der Waals surface area contributed by atoms with Crippen LogP contribution in [0, 0.1) is 6.92 Å². The fraction of sp³-hybridized carbons (Fsp3) is 0.364. The normalized spacial score (nSPS) is 9.25. The van der Waals surface area contributed by atoms with Crippen LogP contribution in [0.15, 0.2) is 22.9 Å². The lowest BCUT2D eigenvalue weighted by atomic mass is 10.3. The Balaban J connectivity index is 0.000000606. The Morgan fingerprint density at radius 3 is 2.62 bits per heavy atom. The Hall–Kier alpha value is -1.91. The van der Waals surface area contributed by atoms with E-state index in [0.29, 0.717) is 23.2 Å². The maximum atomic E-state index is 5.12. The summed E-state index contributed by atoms with van der Waals surface area (Å²) in [4.78, 5) is 8.18. The Bertz CT molecular complexity index is 440. The summed E-state index contributed by atoms with van der Waals surface area (Å²) in [6.07, 6.45) is 1.65. The SMILES string of the molecule is CC.COc1cccnc1-c1nc(C)no1. The third-order valence-corrected chi connectivity index (χ3v) is 1.72. The first-order chi connectivity index (χ1) is 7.81. The molecule has 2 aromatic heterocycles. The molecule has 5 heteroatoms. The van der Waals surface area contributed by atoms with E-state index in [1.165, 1.54) is 0 Å². The van der Waals surface area contributed by atoms with E-state index in [4.69, 9.17) is 9.26 Å². The highest BCUT2D eigenvalue weighted by molar-refractivity contribution is 5.56. The first-order valence-electron chi connectivity index (χ1n) is 5.11. The fourth-order valence-electron chi connectivity index (χ4n) is 1.11. The van der Waals surface area contributed by atoms with Gasteiger partial charge in [-0.3, -0.25) is 0 Å². The van der Waals surface area contributed by atoms with Gasteiger partial charge in [0, 0.05) is 6.20 Å². The smallest absolute Gasteiger partial charge is 0.280 e. The van der Waals surface area contributed by atoms with Crippen LogP contribution in [0.3, 0.4) is 0 Å². The lowest BCUT2D eigenvalue weighted by Crippen LogP contribution is -1.90. The van der Waals surface area contributed by atoms with Gasteiger partial charge in [-0.25, -0.2) is 4.98 Å². The average molecular weight is 221 g/mol. The average Bonchev–Trinajstić information content (AvgIpc) is 2.78. The van der Waals surface area contributed by atoms with E-state index in [2.05, 4.69) is 15.1 Å². The summed E-state index contributed by atoms with van der Waals surface area (Å²) in [5, 5.41) is 3.69. The van der Waals surface area contributed by atoms with E-state index in [1.807, 2.05) is 13.8 Å². The Morgan fingerprint density at radius 2 is 2.06 bits per heavy atom. The largest absolute Gasteiger partial charge is 0.494 e. The van der Waals surface area contributed by atoms with Crippen LogP contribution in [0.1, 0.15) is 19.7 Å². The van der Waals surface area contributed by atoms with E-state index < -0.39 is 0 Å². The van der Waals surface area contributed by atoms with Gasteiger partial charge in [0.15, 0.2) is 11.5 Å². The van der Waals surface area contributed by atoms with Gasteiger partial charge in [0.05, 0.1) is 7.11 Å². The third-order valence-electron chi connectivity index (χ3n) is 1.72. The molecule has 2 aromatic rings. The molecular formula is C11H15N3O2. The molecule has 0 bridgehead atoms. The fourth-order valence-corrected chi connectivity index (χ4v) is 1.11. The lowest BCUT2D eigenvalue weighted by molar-refractivity contribution is 0.401. The Kier molecular flexibility index (Phi) is 4.44. The molecule has 0 fully saturated rings. The summed E-state index contributed by atoms with van der Waals surface area (Å²) in [6, 6.07) is 3.58. The van der Waals surface area contributed by atoms with Crippen LogP contribution >= 0.6 is 0 Å². The minimum Gasteiger partial charge on any atom is -0.494 e. The zero-order valence-electron chi connectivity index (χ0n) is 9.89. The maximum absolute atomic E-state index is 5.12. The summed E-state index contributed by atoms with van der Waals surface area (Å²) in [6.45, 7) is 5.75. The molecule has 0 radical (unpaired) electrons. The number of pyridine rings is 1. The van der Waals surface area contributed by atoms with Crippen LogP contribution in [0.25, 0.3) is 11.6 Å². The molecule has 86 valence electrons. The van der Waals surface area contributed by atoms with Crippen molar-refractivity contribution in [3.05, 3.63) is 24.2 Å². The monoisotopic (exact) mass is 221 g/mol. The zero-order valence-corrected chi connectivity index (χ0v) is 9.89. The summed E-state index contributed by atoms with van der Waals surface area (Å²) in [5.41, 5.74) is 0.565. The van der Waals surface area contributed by atoms with Crippen LogP contribution in [-0.2, 0) is 0 Å². The zero-order chi connectivity index (χ0) is 12.0. The van der Waals surface area contributed by atoms with Gasteiger partial charge in [0.25, 0.3) is 5.89 Å². The van der Waals surface area contributed by atoms with Crippen molar-refractivity contribution in [1.82, 2.24) is 15.1 Å². The van der Waals surface area contributed by atoms with Crippen molar-refractivity contribution < 1.29 is 9.26 Å². The van der Waals surface area contributed by atoms with Crippen LogP contribution in [0.4, 0.5) is 0 Å². The summed E-state index contributed by atoms with van der Waals surface area (Å²) in [5.74, 6) is 1.57. The molecule has 0 aromatic carbocycles. The van der Waals surface area contributed by atoms with Gasteiger partial charge in [-0.15, -0.1) is 0 Å². The number of hydrogen-bond donors (Lipinski definition) is 0. The van der Waals surface area contributed by atoms with Gasteiger partial charge in [-0.2, -0.15) is 4.98 Å². The number of aryl methyl sites for hydroxylation is 1. The minimum atomic E-state index is 0.375. The molecule has 0 saturated heterocycles. The van der Waals surface area contributed by atoms with Gasteiger partial charge in [0.1, 0.15) is 5.75 Å². The standard InChI is InChI=1S/C9H9N3O2.C2H6/c1-6-11-9(14-12-6)8-7(13-2)4-3-5-10-8;1-2/h3-5H,1-2H3;1-2H3. The van der Waals surface area contributed by atoms with Crippen LogP contribution in [0.2, 0.25) is 0 Å². The summed E-state index contributed by atoms with van der Waals surface area (Å²) in [7, 11) is 1.57. The molecule has 2 heterocycles. The van der Waals surface area contributed by atoms with E-state index >= 15 is 0 Å². The predicted molar refractivity (Wildman–Crippen MR) is 60.2 cm³/mol. The molecule has 5 nitrogen and oxygen atoms in total. The van der Waals surface area contributed by atoms with E-state index in [9.17, 15) is 0 Å². The summed E-state index contributed by atoms with van der Waals surface area (Å²) < 4.78 is 10.1. The number of nitrogens with zero attached hydrogens (tertiary/aromatic N) is 3. The van der Waals surface area contributed by atoms with Gasteiger partial charge in [0.2, 0.25) is 0 Å². The van der Waals surface area contributed by atoms with Crippen molar-refractivity contribution in [2.75, 3.05) is 7.11 Å². The molecule has 0 atom stereocenters. The first kappa shape index (κ1) is 12.2. The Labute approximate surface area is 94.5 Å². The number of methoxy groups -OCH3 is 1. The van der Waals surface area contributed by atoms with E-state index in [0.717, 1.165) is 0 Å². The molecule has 0 unspecified atom stereocenters. The summed E-state index contributed by atoms with van der Waals surface area (Å²) >= 11 is 0. The van der Waals surface area contributed by atoms with Gasteiger partial charge >= 0.3 is 0 Å². The Morgan fingerprint density at radius 1 is 1.31 bits per heavy atom. The molecule has 0 N–H and O–H groups in total. The van der Waals surface area contributed by atoms with Crippen molar-refractivity contribution in [2.45, 2.75) is 20.8 Å². The molecule has 0 spiro atoms. The van der Waals surface area contributed by atoms with Crippen molar-refractivity contribution in [3.8, 4) is 17.3 Å². The molecular weight excluding hydrogens is 206 g/mol. The number of ether oxygens (including phenoxy) is 1. The molecule has 2 rings (SSSR count). The predicted octanol–water partition coefficient (Wildman–Crippen LogP) is 2.47. The quantitative estimate of drug-likeness (QED) is 0.779. The minimum absolute atomic E-state index is 0.375. The van der Waals surface area contributed by atoms with Crippen LogP contribution in [-0.4, -0.2) is 22.2 Å². The van der Waals surface area contributed by atoms with Crippen LogP contribution < -0.4 is 4.74 Å². The molecule has 0 aliphatic carbocycles. The third kappa shape index (κ3) is 2.56. The number of aromatic nitrogens is 3. The van der Waals surface area contributed by atoms with Gasteiger partial charge < -0.3 is 9.26 Å². The first-order valence-corrected chi connectivity index (χ1v) is 5.11. The van der Waals surface area contributed by atoms with Crippen LogP contribution in [0.5, 0.6) is 5.75 Å². The topological polar surface area (TPSA) is 61.0 Å². The number of hydrogen-bond acceptors (Lipinski definition) is 5.